The Labute approximate surface area is 62.0 Å². The van der Waals surface area contributed by atoms with Crippen molar-refractivity contribution < 1.29 is 4.39 Å². The van der Waals surface area contributed by atoms with Crippen LogP contribution in [0, 0.1) is 5.82 Å². The predicted molar refractivity (Wildman–Crippen MR) is 40.5 cm³/mol. The number of nitrogen functional groups attached to an aromatic ring is 1. The van der Waals surface area contributed by atoms with Crippen LogP contribution in [0.4, 0.5) is 10.1 Å². The Morgan fingerprint density at radius 1 is 1.45 bits per heavy atom. The molecule has 4 heteroatoms. The molecule has 3 N–H and O–H groups in total. The number of nitrogens with two attached hydrogens (primary N) is 1. The lowest BCUT2D eigenvalue weighted by Crippen LogP contribution is -1.89. The normalized spacial score (nSPS) is 10.6. The molecule has 0 fully saturated rings. The molecule has 1 aromatic carbocycles. The molecule has 0 amide bonds. The van der Waals surface area contributed by atoms with Crippen LogP contribution in [0.25, 0.3) is 11.0 Å². The van der Waals surface area contributed by atoms with E-state index >= 15 is 0 Å². The molecule has 2 rings (SSSR count). The van der Waals surface area contributed by atoms with E-state index in [1.807, 2.05) is 0 Å². The van der Waals surface area contributed by atoms with Gasteiger partial charge in [0.1, 0.15) is 5.82 Å². The van der Waals surface area contributed by atoms with Gasteiger partial charge >= 0.3 is 0 Å². The SMILES string of the molecule is Nc1cc2nc[nH]c2cc1F. The van der Waals surface area contributed by atoms with E-state index in [0.717, 1.165) is 0 Å². The zero-order valence-electron chi connectivity index (χ0n) is 5.63. The second kappa shape index (κ2) is 1.95. The van der Waals surface area contributed by atoms with Crippen molar-refractivity contribution in [1.29, 1.82) is 0 Å². The van der Waals surface area contributed by atoms with Crippen molar-refractivity contribution in [2.75, 3.05) is 5.73 Å². The van der Waals surface area contributed by atoms with Crippen molar-refractivity contribution in [1.82, 2.24) is 9.97 Å². The van der Waals surface area contributed by atoms with E-state index in [1.54, 1.807) is 0 Å². The maximum Gasteiger partial charge on any atom is 0.148 e. The average molecular weight is 151 g/mol. The van der Waals surface area contributed by atoms with Crippen LogP contribution in [-0.2, 0) is 0 Å². The van der Waals surface area contributed by atoms with E-state index in [1.165, 1.54) is 18.5 Å². The number of halogens is 1. The maximum absolute atomic E-state index is 12.8. The van der Waals surface area contributed by atoms with Gasteiger partial charge < -0.3 is 10.7 Å². The lowest BCUT2D eigenvalue weighted by atomic mass is 10.3. The third kappa shape index (κ3) is 0.832. The van der Waals surface area contributed by atoms with Crippen LogP contribution in [0.3, 0.4) is 0 Å². The minimum absolute atomic E-state index is 0.129. The van der Waals surface area contributed by atoms with Crippen molar-refractivity contribution in [2.45, 2.75) is 0 Å². The molecule has 0 aliphatic rings. The molecule has 11 heavy (non-hydrogen) atoms. The van der Waals surface area contributed by atoms with E-state index in [-0.39, 0.29) is 5.69 Å². The average Bonchev–Trinajstić information content (AvgIpc) is 2.36. The molecule has 56 valence electrons. The summed E-state index contributed by atoms with van der Waals surface area (Å²) in [6.45, 7) is 0. The van der Waals surface area contributed by atoms with Crippen molar-refractivity contribution >= 4 is 16.7 Å². The molecule has 0 unspecified atom stereocenters. The third-order valence-corrected chi connectivity index (χ3v) is 1.54. The molecule has 0 spiro atoms. The summed E-state index contributed by atoms with van der Waals surface area (Å²) in [4.78, 5) is 6.70. The zero-order valence-corrected chi connectivity index (χ0v) is 5.63. The van der Waals surface area contributed by atoms with Crippen molar-refractivity contribution in [3.05, 3.63) is 24.3 Å². The number of nitrogens with zero attached hydrogens (tertiary/aromatic N) is 1. The highest BCUT2D eigenvalue weighted by Gasteiger charge is 2.01. The molecule has 0 atom stereocenters. The van der Waals surface area contributed by atoms with Gasteiger partial charge in [0.25, 0.3) is 0 Å². The summed E-state index contributed by atoms with van der Waals surface area (Å²) in [5.41, 5.74) is 6.79. The lowest BCUT2D eigenvalue weighted by molar-refractivity contribution is 0.634. The van der Waals surface area contributed by atoms with Gasteiger partial charge in [0.15, 0.2) is 0 Å². The Kier molecular flexibility index (Phi) is 1.09. The number of aromatic nitrogens is 2. The Bertz CT molecular complexity index is 357. The van der Waals surface area contributed by atoms with Gasteiger partial charge in [0.05, 0.1) is 23.0 Å². The van der Waals surface area contributed by atoms with Gasteiger partial charge in [-0.05, 0) is 6.07 Å². The minimum atomic E-state index is -0.415. The summed E-state index contributed by atoms with van der Waals surface area (Å²) in [5, 5.41) is 0. The van der Waals surface area contributed by atoms with Crippen LogP contribution in [0.15, 0.2) is 18.5 Å². The topological polar surface area (TPSA) is 54.7 Å². The van der Waals surface area contributed by atoms with Crippen LogP contribution in [-0.4, -0.2) is 9.97 Å². The number of nitrogens with one attached hydrogen (secondary N) is 1. The number of rotatable bonds is 0. The van der Waals surface area contributed by atoms with E-state index in [2.05, 4.69) is 9.97 Å². The third-order valence-electron chi connectivity index (χ3n) is 1.54. The van der Waals surface area contributed by atoms with Crippen molar-refractivity contribution in [2.24, 2.45) is 0 Å². The highest BCUT2D eigenvalue weighted by molar-refractivity contribution is 5.78. The van der Waals surface area contributed by atoms with E-state index in [4.69, 9.17) is 5.73 Å². The smallest absolute Gasteiger partial charge is 0.148 e. The molecule has 2 aromatic rings. The number of hydrogen-bond acceptors (Lipinski definition) is 2. The first kappa shape index (κ1) is 6.15. The monoisotopic (exact) mass is 151 g/mol. The molecule has 0 saturated carbocycles. The highest BCUT2D eigenvalue weighted by Crippen LogP contribution is 2.16. The Morgan fingerprint density at radius 2 is 2.27 bits per heavy atom. The molecule has 0 bridgehead atoms. The number of H-pyrrole nitrogens is 1. The fourth-order valence-corrected chi connectivity index (χ4v) is 0.972. The number of aromatic amines is 1. The fourth-order valence-electron chi connectivity index (χ4n) is 0.972. The molecule has 0 aliphatic carbocycles. The van der Waals surface area contributed by atoms with Gasteiger partial charge in [-0.15, -0.1) is 0 Å². The van der Waals surface area contributed by atoms with Crippen LogP contribution in [0.2, 0.25) is 0 Å². The van der Waals surface area contributed by atoms with Gasteiger partial charge in [-0.2, -0.15) is 0 Å². The van der Waals surface area contributed by atoms with Gasteiger partial charge in [0, 0.05) is 6.07 Å². The van der Waals surface area contributed by atoms with E-state index < -0.39 is 5.82 Å². The highest BCUT2D eigenvalue weighted by atomic mass is 19.1. The summed E-state index contributed by atoms with van der Waals surface area (Å²) < 4.78 is 12.8. The Hall–Kier alpha value is -1.58. The lowest BCUT2D eigenvalue weighted by Gasteiger charge is -1.93. The number of benzene rings is 1. The van der Waals surface area contributed by atoms with Crippen LogP contribution in [0.5, 0.6) is 0 Å². The first-order chi connectivity index (χ1) is 5.27. The molecule has 3 nitrogen and oxygen atoms in total. The fraction of sp³-hybridized carbons (Fsp3) is 0. The van der Waals surface area contributed by atoms with Gasteiger partial charge in [-0.1, -0.05) is 0 Å². The first-order valence-corrected chi connectivity index (χ1v) is 3.15. The second-order valence-corrected chi connectivity index (χ2v) is 2.29. The van der Waals surface area contributed by atoms with Gasteiger partial charge in [-0.3, -0.25) is 0 Å². The van der Waals surface area contributed by atoms with Gasteiger partial charge in [-0.25, -0.2) is 9.37 Å². The van der Waals surface area contributed by atoms with Crippen LogP contribution in [0.1, 0.15) is 0 Å². The molecule has 0 aliphatic heterocycles. The first-order valence-electron chi connectivity index (χ1n) is 3.15. The standard InChI is InChI=1S/C7H6FN3/c8-4-1-6-7(2-5(4)9)11-3-10-6/h1-3H,9H2,(H,10,11). The summed E-state index contributed by atoms with van der Waals surface area (Å²) in [7, 11) is 0. The molecule has 1 aromatic heterocycles. The van der Waals surface area contributed by atoms with E-state index in [9.17, 15) is 4.39 Å². The Balaban J connectivity index is 2.86. The number of hydrogen-bond donors (Lipinski definition) is 2. The van der Waals surface area contributed by atoms with E-state index in [0.29, 0.717) is 11.0 Å². The molecule has 0 radical (unpaired) electrons. The Morgan fingerprint density at radius 3 is 3.09 bits per heavy atom. The molecular formula is C7H6FN3. The van der Waals surface area contributed by atoms with Crippen molar-refractivity contribution in [3.8, 4) is 0 Å². The van der Waals surface area contributed by atoms with Crippen molar-refractivity contribution in [3.63, 3.8) is 0 Å². The number of fused-ring (bicyclic) bond motifs is 1. The maximum atomic E-state index is 12.8. The largest absolute Gasteiger partial charge is 0.396 e. The zero-order chi connectivity index (χ0) is 7.84. The quantitative estimate of drug-likeness (QED) is 0.557. The molecular weight excluding hydrogens is 145 g/mol. The number of anilines is 1. The summed E-state index contributed by atoms with van der Waals surface area (Å²) >= 11 is 0. The summed E-state index contributed by atoms with van der Waals surface area (Å²) in [5.74, 6) is -0.415. The van der Waals surface area contributed by atoms with Crippen LogP contribution >= 0.6 is 0 Å². The molecule has 1 heterocycles. The predicted octanol–water partition coefficient (Wildman–Crippen LogP) is 1.28. The summed E-state index contributed by atoms with van der Waals surface area (Å²) in [6.07, 6.45) is 1.50. The minimum Gasteiger partial charge on any atom is -0.396 e. The van der Waals surface area contributed by atoms with Gasteiger partial charge in [0.2, 0.25) is 0 Å². The molecule has 0 saturated heterocycles. The van der Waals surface area contributed by atoms with Crippen LogP contribution < -0.4 is 5.73 Å². The number of imidazole rings is 1. The second-order valence-electron chi connectivity index (χ2n) is 2.29. The summed E-state index contributed by atoms with van der Waals surface area (Å²) in [6, 6.07) is 2.83.